The topological polar surface area (TPSA) is 56.1 Å². The number of ether oxygens (including phenoxy) is 1. The van der Waals surface area contributed by atoms with Crippen molar-refractivity contribution in [1.82, 2.24) is 19.7 Å². The van der Waals surface area contributed by atoms with Gasteiger partial charge in [0.1, 0.15) is 17.9 Å². The largest absolute Gasteiger partial charge is 0.494 e. The van der Waals surface area contributed by atoms with Gasteiger partial charge in [0.15, 0.2) is 5.65 Å². The van der Waals surface area contributed by atoms with Gasteiger partial charge in [0, 0.05) is 10.6 Å². The quantitative estimate of drug-likeness (QED) is 0.291. The van der Waals surface area contributed by atoms with Crippen molar-refractivity contribution in [3.05, 3.63) is 88.5 Å². The first-order chi connectivity index (χ1) is 16.1. The molecule has 33 heavy (non-hydrogen) atoms. The second-order valence-corrected chi connectivity index (χ2v) is 8.91. The molecule has 5 rings (SSSR count). The molecule has 166 valence electrons. The molecule has 0 aliphatic carbocycles. The fourth-order valence-electron chi connectivity index (χ4n) is 3.91. The molecule has 7 heteroatoms. The van der Waals surface area contributed by atoms with Crippen LogP contribution < -0.4 is 9.64 Å². The summed E-state index contributed by atoms with van der Waals surface area (Å²) in [7, 11) is 0. The van der Waals surface area contributed by atoms with E-state index in [1.165, 1.54) is 10.4 Å². The zero-order chi connectivity index (χ0) is 22.8. The highest BCUT2D eigenvalue weighted by atomic mass is 32.1. The van der Waals surface area contributed by atoms with Crippen LogP contribution in [0.3, 0.4) is 0 Å². The molecule has 0 N–H and O–H groups in total. The number of rotatable bonds is 7. The number of fused-ring (bicyclic) bond motifs is 1. The first-order valence-electron chi connectivity index (χ1n) is 10.9. The second kappa shape index (κ2) is 9.03. The van der Waals surface area contributed by atoms with Crippen molar-refractivity contribution in [2.24, 2.45) is 0 Å². The van der Waals surface area contributed by atoms with Gasteiger partial charge in [0.2, 0.25) is 0 Å². The number of aryl methyl sites for hydroxylation is 2. The Morgan fingerprint density at radius 2 is 1.88 bits per heavy atom. The van der Waals surface area contributed by atoms with Crippen molar-refractivity contribution in [3.8, 4) is 11.4 Å². The van der Waals surface area contributed by atoms with Crippen LogP contribution in [0, 0.1) is 13.8 Å². The third-order valence-electron chi connectivity index (χ3n) is 5.55. The number of hydrogen-bond acceptors (Lipinski definition) is 6. The lowest BCUT2D eigenvalue weighted by atomic mass is 10.1. The van der Waals surface area contributed by atoms with Crippen LogP contribution in [0.15, 0.2) is 72.5 Å². The van der Waals surface area contributed by atoms with Crippen molar-refractivity contribution < 1.29 is 4.74 Å². The van der Waals surface area contributed by atoms with Crippen LogP contribution in [0.2, 0.25) is 0 Å². The van der Waals surface area contributed by atoms with Gasteiger partial charge in [-0.25, -0.2) is 14.6 Å². The SMILES string of the molecule is CCOc1ccc(N(Cc2cccs2)c2ncnc3c2cnn3-c2cc(C)ccc2C)cc1. The highest BCUT2D eigenvalue weighted by Crippen LogP contribution is 2.33. The zero-order valence-electron chi connectivity index (χ0n) is 18.9. The summed E-state index contributed by atoms with van der Waals surface area (Å²) in [5, 5.41) is 7.71. The van der Waals surface area contributed by atoms with Crippen molar-refractivity contribution in [1.29, 1.82) is 0 Å². The molecule has 3 aromatic heterocycles. The molecule has 0 saturated heterocycles. The summed E-state index contributed by atoms with van der Waals surface area (Å²) in [6, 6.07) is 18.7. The molecule has 0 amide bonds. The average molecular weight is 456 g/mol. The van der Waals surface area contributed by atoms with Crippen molar-refractivity contribution >= 4 is 33.9 Å². The number of thiophene rings is 1. The van der Waals surface area contributed by atoms with E-state index < -0.39 is 0 Å². The molecular weight excluding hydrogens is 430 g/mol. The van der Waals surface area contributed by atoms with Crippen molar-refractivity contribution in [2.75, 3.05) is 11.5 Å². The predicted molar refractivity (Wildman–Crippen MR) is 134 cm³/mol. The summed E-state index contributed by atoms with van der Waals surface area (Å²) >= 11 is 1.73. The van der Waals surface area contributed by atoms with Crippen LogP contribution in [0.5, 0.6) is 5.75 Å². The summed E-state index contributed by atoms with van der Waals surface area (Å²) < 4.78 is 7.55. The van der Waals surface area contributed by atoms with E-state index in [0.717, 1.165) is 39.5 Å². The molecule has 0 spiro atoms. The molecule has 0 aliphatic rings. The van der Waals surface area contributed by atoms with Crippen LogP contribution >= 0.6 is 11.3 Å². The van der Waals surface area contributed by atoms with Crippen molar-refractivity contribution in [2.45, 2.75) is 27.3 Å². The average Bonchev–Trinajstić information content (AvgIpc) is 3.50. The lowest BCUT2D eigenvalue weighted by molar-refractivity contribution is 0.340. The Bertz CT molecular complexity index is 1380. The monoisotopic (exact) mass is 455 g/mol. The van der Waals surface area contributed by atoms with Crippen LogP contribution in [-0.2, 0) is 6.54 Å². The summed E-state index contributed by atoms with van der Waals surface area (Å²) in [4.78, 5) is 12.8. The lowest BCUT2D eigenvalue weighted by Crippen LogP contribution is -2.17. The van der Waals surface area contributed by atoms with E-state index in [2.05, 4.69) is 71.6 Å². The smallest absolute Gasteiger partial charge is 0.168 e. The van der Waals surface area contributed by atoms with Gasteiger partial charge >= 0.3 is 0 Å². The number of benzene rings is 2. The van der Waals surface area contributed by atoms with Gasteiger partial charge in [-0.1, -0.05) is 18.2 Å². The summed E-state index contributed by atoms with van der Waals surface area (Å²) in [6.07, 6.45) is 3.49. The Balaban J connectivity index is 1.63. The Morgan fingerprint density at radius 3 is 2.64 bits per heavy atom. The minimum Gasteiger partial charge on any atom is -0.494 e. The Kier molecular flexibility index (Phi) is 5.79. The first kappa shape index (κ1) is 21.2. The van der Waals surface area contributed by atoms with Gasteiger partial charge in [-0.05, 0) is 73.7 Å². The van der Waals surface area contributed by atoms with E-state index in [1.54, 1.807) is 17.7 Å². The summed E-state index contributed by atoms with van der Waals surface area (Å²) in [5.41, 5.74) is 5.18. The first-order valence-corrected chi connectivity index (χ1v) is 11.8. The Hall–Kier alpha value is -3.71. The fourth-order valence-corrected chi connectivity index (χ4v) is 4.60. The van der Waals surface area contributed by atoms with Crippen molar-refractivity contribution in [3.63, 3.8) is 0 Å². The van der Waals surface area contributed by atoms with E-state index in [-0.39, 0.29) is 0 Å². The Labute approximate surface area is 197 Å². The van der Waals surface area contributed by atoms with E-state index in [1.807, 2.05) is 29.9 Å². The van der Waals surface area contributed by atoms with Gasteiger partial charge in [0.25, 0.3) is 0 Å². The molecule has 0 fully saturated rings. The van der Waals surface area contributed by atoms with Crippen LogP contribution in [0.25, 0.3) is 16.7 Å². The molecule has 3 heterocycles. The molecule has 0 radical (unpaired) electrons. The normalized spacial score (nSPS) is 11.1. The molecule has 0 bridgehead atoms. The Morgan fingerprint density at radius 1 is 1.03 bits per heavy atom. The molecule has 0 unspecified atom stereocenters. The maximum Gasteiger partial charge on any atom is 0.168 e. The highest BCUT2D eigenvalue weighted by molar-refractivity contribution is 7.09. The van der Waals surface area contributed by atoms with Gasteiger partial charge < -0.3 is 9.64 Å². The molecule has 6 nitrogen and oxygen atoms in total. The third kappa shape index (κ3) is 4.19. The number of aromatic nitrogens is 4. The number of nitrogens with zero attached hydrogens (tertiary/aromatic N) is 5. The van der Waals surface area contributed by atoms with E-state index >= 15 is 0 Å². The van der Waals surface area contributed by atoms with Gasteiger partial charge in [0.05, 0.1) is 30.4 Å². The fraction of sp³-hybridized carbons (Fsp3) is 0.192. The van der Waals surface area contributed by atoms with E-state index in [0.29, 0.717) is 13.2 Å². The third-order valence-corrected chi connectivity index (χ3v) is 6.41. The molecule has 0 saturated carbocycles. The summed E-state index contributed by atoms with van der Waals surface area (Å²) in [6.45, 7) is 7.51. The lowest BCUT2D eigenvalue weighted by Gasteiger charge is -2.24. The second-order valence-electron chi connectivity index (χ2n) is 7.87. The van der Waals surface area contributed by atoms with Gasteiger partial charge in [-0.2, -0.15) is 5.10 Å². The van der Waals surface area contributed by atoms with Gasteiger partial charge in [-0.3, -0.25) is 0 Å². The van der Waals surface area contributed by atoms with E-state index in [4.69, 9.17) is 14.8 Å². The number of anilines is 2. The number of hydrogen-bond donors (Lipinski definition) is 0. The van der Waals surface area contributed by atoms with Crippen LogP contribution in [0.1, 0.15) is 22.9 Å². The maximum atomic E-state index is 5.64. The minimum atomic E-state index is 0.641. The molecule has 0 atom stereocenters. The highest BCUT2D eigenvalue weighted by Gasteiger charge is 2.19. The molecule has 5 aromatic rings. The zero-order valence-corrected chi connectivity index (χ0v) is 19.7. The maximum absolute atomic E-state index is 5.64. The van der Waals surface area contributed by atoms with Crippen LogP contribution in [-0.4, -0.2) is 26.4 Å². The standard InChI is InChI=1S/C26H25N5OS/c1-4-32-21-11-9-20(10-12-21)30(16-22-6-5-13-33-22)25-23-15-29-31(26(23)28-17-27-25)24-14-18(2)7-8-19(24)3/h5-15,17H,4,16H2,1-3H3. The molecular formula is C26H25N5OS. The van der Waals surface area contributed by atoms with Gasteiger partial charge in [-0.15, -0.1) is 11.3 Å². The van der Waals surface area contributed by atoms with Crippen LogP contribution in [0.4, 0.5) is 11.5 Å². The predicted octanol–water partition coefficient (Wildman–Crippen LogP) is 6.23. The molecule has 2 aromatic carbocycles. The molecule has 0 aliphatic heterocycles. The summed E-state index contributed by atoms with van der Waals surface area (Å²) in [5.74, 6) is 1.68. The minimum absolute atomic E-state index is 0.641. The van der Waals surface area contributed by atoms with E-state index in [9.17, 15) is 0 Å².